The zero-order valence-electron chi connectivity index (χ0n) is 30.2. The molecular formula is C50H42N4. The number of hydrogen-bond acceptors (Lipinski definition) is 3. The van der Waals surface area contributed by atoms with Crippen LogP contribution < -0.4 is 4.90 Å². The lowest BCUT2D eigenvalue weighted by molar-refractivity contribution is 0.385. The smallest absolute Gasteiger partial charge is 0.0531 e. The number of benzene rings is 5. The minimum absolute atomic E-state index is 0.354. The van der Waals surface area contributed by atoms with Gasteiger partial charge in [0.1, 0.15) is 0 Å². The molecule has 4 nitrogen and oxygen atoms in total. The highest BCUT2D eigenvalue weighted by Gasteiger charge is 2.30. The van der Waals surface area contributed by atoms with E-state index in [1.54, 1.807) is 0 Å². The molecule has 2 aromatic heterocycles. The first-order valence-electron chi connectivity index (χ1n) is 19.3. The molecule has 2 aliphatic carbocycles. The van der Waals surface area contributed by atoms with Gasteiger partial charge in [-0.15, -0.1) is 0 Å². The lowest BCUT2D eigenvalue weighted by Crippen LogP contribution is -2.34. The fourth-order valence-electron chi connectivity index (χ4n) is 8.97. The van der Waals surface area contributed by atoms with Crippen LogP contribution in [0.1, 0.15) is 42.9 Å². The standard InChI is InChI=1S/C50H42N4/c1-2-7-45(8-3-1)54-49-9-5-4-6-42(49)32-50(54)37-18-24-48(25-19-37)53(46-20-14-35(15-21-46)38-10-12-43-33-51-28-26-40(43)30-38)47-22-16-36(17-23-47)39-11-13-44-34-52-29-27-41(44)31-39/h1-17,20-23,26-34,37,40,43,48H,18-19,24-25H2/t37?,40?,43-,48?/m1/s1. The van der Waals surface area contributed by atoms with Gasteiger partial charge < -0.3 is 9.47 Å². The number of aliphatic imine (C=N–C) groups is 1. The Balaban J connectivity index is 0.964. The molecule has 4 heteroatoms. The van der Waals surface area contributed by atoms with Gasteiger partial charge >= 0.3 is 0 Å². The third-order valence-electron chi connectivity index (χ3n) is 11.8. The first-order chi connectivity index (χ1) is 26.7. The second-order valence-electron chi connectivity index (χ2n) is 15.0. The molecule has 7 aromatic rings. The van der Waals surface area contributed by atoms with Gasteiger partial charge in [-0.1, -0.05) is 97.1 Å². The van der Waals surface area contributed by atoms with Crippen LogP contribution in [-0.4, -0.2) is 21.8 Å². The highest BCUT2D eigenvalue weighted by atomic mass is 15.2. The molecule has 54 heavy (non-hydrogen) atoms. The number of pyridine rings is 1. The van der Waals surface area contributed by atoms with E-state index in [-0.39, 0.29) is 0 Å². The molecule has 3 aliphatic rings. The summed E-state index contributed by atoms with van der Waals surface area (Å²) in [5, 5.41) is 3.69. The summed E-state index contributed by atoms with van der Waals surface area (Å²) in [6.07, 6.45) is 21.4. The van der Waals surface area contributed by atoms with E-state index in [9.17, 15) is 0 Å². The van der Waals surface area contributed by atoms with Crippen LogP contribution in [0.3, 0.4) is 0 Å². The number of nitrogens with zero attached hydrogens (tertiary/aromatic N) is 4. The Labute approximate surface area is 317 Å². The van der Waals surface area contributed by atoms with Gasteiger partial charge in [0, 0.05) is 76.2 Å². The second kappa shape index (κ2) is 13.9. The van der Waals surface area contributed by atoms with Crippen molar-refractivity contribution >= 4 is 44.8 Å². The number of fused-ring (bicyclic) bond motifs is 3. The van der Waals surface area contributed by atoms with Crippen LogP contribution in [0.15, 0.2) is 181 Å². The van der Waals surface area contributed by atoms with Gasteiger partial charge in [-0.05, 0) is 120 Å². The topological polar surface area (TPSA) is 33.4 Å². The summed E-state index contributed by atoms with van der Waals surface area (Å²) in [5.74, 6) is 1.22. The van der Waals surface area contributed by atoms with Crippen molar-refractivity contribution in [3.05, 3.63) is 188 Å². The van der Waals surface area contributed by atoms with Crippen LogP contribution in [0.25, 0.3) is 44.1 Å². The quantitative estimate of drug-likeness (QED) is 0.166. The minimum atomic E-state index is 0.354. The molecule has 1 saturated carbocycles. The van der Waals surface area contributed by atoms with E-state index in [1.807, 2.05) is 24.8 Å². The number of para-hydroxylation sites is 2. The summed E-state index contributed by atoms with van der Waals surface area (Å²) < 4.78 is 2.51. The average Bonchev–Trinajstić information content (AvgIpc) is 3.64. The Kier molecular flexibility index (Phi) is 8.37. The Morgan fingerprint density at radius 3 is 2.15 bits per heavy atom. The first kappa shape index (κ1) is 32.4. The van der Waals surface area contributed by atoms with E-state index in [1.165, 1.54) is 61.3 Å². The van der Waals surface area contributed by atoms with E-state index in [0.29, 0.717) is 23.8 Å². The molecule has 5 aromatic carbocycles. The average molecular weight is 699 g/mol. The molecule has 2 atom stereocenters. The van der Waals surface area contributed by atoms with Crippen LogP contribution in [0, 0.1) is 11.8 Å². The zero-order valence-corrected chi connectivity index (χ0v) is 30.2. The predicted molar refractivity (Wildman–Crippen MR) is 226 cm³/mol. The van der Waals surface area contributed by atoms with Crippen LogP contribution in [0.2, 0.25) is 0 Å². The molecule has 0 N–H and O–H groups in total. The van der Waals surface area contributed by atoms with Crippen LogP contribution >= 0.6 is 0 Å². The predicted octanol–water partition coefficient (Wildman–Crippen LogP) is 12.5. The van der Waals surface area contributed by atoms with E-state index in [0.717, 1.165) is 31.1 Å². The number of anilines is 2. The molecule has 0 amide bonds. The third-order valence-corrected chi connectivity index (χ3v) is 11.8. The maximum absolute atomic E-state index is 4.35. The van der Waals surface area contributed by atoms with E-state index in [4.69, 9.17) is 0 Å². The van der Waals surface area contributed by atoms with Crippen LogP contribution in [-0.2, 0) is 0 Å². The summed E-state index contributed by atoms with van der Waals surface area (Å²) >= 11 is 0. The highest BCUT2D eigenvalue weighted by molar-refractivity contribution is 5.87. The van der Waals surface area contributed by atoms with Crippen molar-refractivity contribution in [3.63, 3.8) is 0 Å². The van der Waals surface area contributed by atoms with Crippen molar-refractivity contribution in [1.82, 2.24) is 9.55 Å². The Bertz CT molecular complexity index is 2560. The molecule has 0 radical (unpaired) electrons. The summed E-state index contributed by atoms with van der Waals surface area (Å²) in [6.45, 7) is 0. The Hall–Kier alpha value is -6.26. The monoisotopic (exact) mass is 698 g/mol. The Morgan fingerprint density at radius 1 is 0.593 bits per heavy atom. The molecule has 0 saturated heterocycles. The largest absolute Gasteiger partial charge is 0.338 e. The van der Waals surface area contributed by atoms with Gasteiger partial charge in [0.25, 0.3) is 0 Å². The summed E-state index contributed by atoms with van der Waals surface area (Å²) in [6, 6.07) is 49.8. The van der Waals surface area contributed by atoms with Crippen molar-refractivity contribution in [1.29, 1.82) is 0 Å². The molecule has 1 unspecified atom stereocenters. The van der Waals surface area contributed by atoms with Crippen molar-refractivity contribution in [2.75, 3.05) is 4.90 Å². The minimum Gasteiger partial charge on any atom is -0.338 e. The summed E-state index contributed by atoms with van der Waals surface area (Å²) in [7, 11) is 0. The maximum Gasteiger partial charge on any atom is 0.0531 e. The zero-order chi connectivity index (χ0) is 35.8. The first-order valence-corrected chi connectivity index (χ1v) is 19.3. The molecule has 3 heterocycles. The Morgan fingerprint density at radius 2 is 1.33 bits per heavy atom. The van der Waals surface area contributed by atoms with Crippen molar-refractivity contribution < 1.29 is 0 Å². The summed E-state index contributed by atoms with van der Waals surface area (Å²) in [5.41, 5.74) is 11.4. The van der Waals surface area contributed by atoms with Gasteiger partial charge in [0.2, 0.25) is 0 Å². The van der Waals surface area contributed by atoms with Gasteiger partial charge in [-0.3, -0.25) is 9.98 Å². The SMILES string of the molecule is C1=CC2C=C(c3ccc(N(c4ccc(-c5ccc6cnccc6c5)cc4)C4CCC(c5cc6ccccc6n5-c5ccccc5)CC4)cc3)C=C[C@@H]2C=N1. The fourth-order valence-corrected chi connectivity index (χ4v) is 8.97. The lowest BCUT2D eigenvalue weighted by atomic mass is 9.82. The molecule has 0 spiro atoms. The fraction of sp³-hybridized carbons (Fsp3) is 0.160. The number of hydrogen-bond donors (Lipinski definition) is 0. The molecule has 1 aliphatic heterocycles. The highest BCUT2D eigenvalue weighted by Crippen LogP contribution is 2.43. The molecule has 262 valence electrons. The summed E-state index contributed by atoms with van der Waals surface area (Å²) in [4.78, 5) is 11.3. The van der Waals surface area contributed by atoms with Gasteiger partial charge in [0.05, 0.1) is 5.52 Å². The van der Waals surface area contributed by atoms with E-state index in [2.05, 4.69) is 177 Å². The van der Waals surface area contributed by atoms with Crippen LogP contribution in [0.5, 0.6) is 0 Å². The van der Waals surface area contributed by atoms with Crippen molar-refractivity contribution in [2.45, 2.75) is 37.6 Å². The van der Waals surface area contributed by atoms with Crippen molar-refractivity contribution in [3.8, 4) is 16.8 Å². The molecule has 1 fully saturated rings. The lowest BCUT2D eigenvalue weighted by Gasteiger charge is -2.39. The third kappa shape index (κ3) is 6.08. The number of allylic oxidation sites excluding steroid dienone is 5. The molecule has 10 rings (SSSR count). The van der Waals surface area contributed by atoms with E-state index < -0.39 is 0 Å². The maximum atomic E-state index is 4.35. The second-order valence-corrected chi connectivity index (χ2v) is 15.0. The van der Waals surface area contributed by atoms with Gasteiger partial charge in [0.15, 0.2) is 0 Å². The van der Waals surface area contributed by atoms with Gasteiger partial charge in [-0.2, -0.15) is 0 Å². The normalized spacial score (nSPS) is 20.6. The molecule has 0 bridgehead atoms. The van der Waals surface area contributed by atoms with Crippen LogP contribution in [0.4, 0.5) is 11.4 Å². The molecular weight excluding hydrogens is 657 g/mol. The van der Waals surface area contributed by atoms with E-state index >= 15 is 0 Å². The number of aromatic nitrogens is 2. The van der Waals surface area contributed by atoms with Gasteiger partial charge in [-0.25, -0.2) is 0 Å². The van der Waals surface area contributed by atoms with Crippen molar-refractivity contribution in [2.24, 2.45) is 16.8 Å². The number of rotatable bonds is 7.